The SMILES string of the molecule is CC(C)[C@H](N)C(=O)O.COC(c1ccccc1)(c1ccccc1)[C@H](O)C(=O)O. The smallest absolute Gasteiger partial charge is 0.336 e. The number of hydrogen-bond acceptors (Lipinski definition) is 5. The maximum Gasteiger partial charge on any atom is 0.336 e. The van der Waals surface area contributed by atoms with Crippen LogP contribution in [0.5, 0.6) is 0 Å². The fourth-order valence-corrected chi connectivity index (χ4v) is 2.66. The van der Waals surface area contributed by atoms with Crippen molar-refractivity contribution in [1.82, 2.24) is 0 Å². The number of methoxy groups -OCH3 is 1. The molecule has 28 heavy (non-hydrogen) atoms. The Labute approximate surface area is 164 Å². The summed E-state index contributed by atoms with van der Waals surface area (Å²) in [6, 6.07) is 17.0. The van der Waals surface area contributed by atoms with Crippen molar-refractivity contribution in [1.29, 1.82) is 0 Å². The maximum absolute atomic E-state index is 11.3. The van der Waals surface area contributed by atoms with Gasteiger partial charge in [0.05, 0.1) is 0 Å². The Morgan fingerprint density at radius 1 is 0.893 bits per heavy atom. The highest BCUT2D eigenvalue weighted by Crippen LogP contribution is 2.36. The molecule has 5 N–H and O–H groups in total. The molecule has 0 aliphatic carbocycles. The second-order valence-electron chi connectivity index (χ2n) is 6.52. The van der Waals surface area contributed by atoms with Crippen molar-refractivity contribution in [2.45, 2.75) is 31.6 Å². The minimum atomic E-state index is -1.71. The molecule has 0 fully saturated rings. The molecule has 152 valence electrons. The van der Waals surface area contributed by atoms with Gasteiger partial charge in [-0.2, -0.15) is 0 Å². The normalized spacial score (nSPS) is 13.2. The Balaban J connectivity index is 0.000000416. The predicted molar refractivity (Wildman–Crippen MR) is 105 cm³/mol. The van der Waals surface area contributed by atoms with Crippen molar-refractivity contribution < 1.29 is 29.6 Å². The van der Waals surface area contributed by atoms with Crippen LogP contribution in [0.3, 0.4) is 0 Å². The van der Waals surface area contributed by atoms with Gasteiger partial charge in [-0.25, -0.2) is 4.79 Å². The zero-order valence-electron chi connectivity index (χ0n) is 16.1. The number of aliphatic carboxylic acids is 2. The number of carbonyl (C=O) groups is 2. The van der Waals surface area contributed by atoms with Gasteiger partial charge in [0, 0.05) is 7.11 Å². The molecule has 0 saturated heterocycles. The average molecular weight is 389 g/mol. The Hall–Kier alpha value is -2.74. The fraction of sp³-hybridized carbons (Fsp3) is 0.333. The molecule has 0 amide bonds. The van der Waals surface area contributed by atoms with Crippen LogP contribution in [0.2, 0.25) is 0 Å². The summed E-state index contributed by atoms with van der Waals surface area (Å²) in [6.07, 6.45) is -1.71. The van der Waals surface area contributed by atoms with Gasteiger partial charge in [0.2, 0.25) is 0 Å². The number of benzene rings is 2. The third-order valence-electron chi connectivity index (χ3n) is 4.35. The van der Waals surface area contributed by atoms with Crippen LogP contribution >= 0.6 is 0 Å². The zero-order valence-corrected chi connectivity index (χ0v) is 16.1. The molecule has 2 atom stereocenters. The number of carboxylic acid groups (broad SMARTS) is 2. The summed E-state index contributed by atoms with van der Waals surface area (Å²) in [5.74, 6) is -2.24. The number of aliphatic hydroxyl groups excluding tert-OH is 1. The maximum atomic E-state index is 11.3. The van der Waals surface area contributed by atoms with E-state index in [2.05, 4.69) is 0 Å². The highest BCUT2D eigenvalue weighted by molar-refractivity contribution is 5.75. The molecule has 0 aliphatic heterocycles. The summed E-state index contributed by atoms with van der Waals surface area (Å²) in [5, 5.41) is 27.7. The first-order chi connectivity index (χ1) is 13.2. The van der Waals surface area contributed by atoms with E-state index in [1.807, 2.05) is 12.1 Å². The molecular formula is C21H27NO6. The molecule has 0 spiro atoms. The Kier molecular flexibility index (Phi) is 8.78. The third-order valence-corrected chi connectivity index (χ3v) is 4.35. The van der Waals surface area contributed by atoms with Crippen molar-refractivity contribution in [2.75, 3.05) is 7.11 Å². The van der Waals surface area contributed by atoms with Crippen LogP contribution in [0.15, 0.2) is 60.7 Å². The van der Waals surface area contributed by atoms with Crippen LogP contribution in [0.1, 0.15) is 25.0 Å². The second-order valence-corrected chi connectivity index (χ2v) is 6.52. The monoisotopic (exact) mass is 389 g/mol. The van der Waals surface area contributed by atoms with E-state index in [0.29, 0.717) is 11.1 Å². The molecule has 0 unspecified atom stereocenters. The quantitative estimate of drug-likeness (QED) is 0.570. The number of ether oxygens (including phenoxy) is 1. The summed E-state index contributed by atoms with van der Waals surface area (Å²) in [4.78, 5) is 21.3. The van der Waals surface area contributed by atoms with E-state index < -0.39 is 29.7 Å². The van der Waals surface area contributed by atoms with E-state index in [0.717, 1.165) is 0 Å². The third kappa shape index (κ3) is 5.39. The van der Waals surface area contributed by atoms with E-state index in [1.54, 1.807) is 62.4 Å². The molecule has 0 bridgehead atoms. The lowest BCUT2D eigenvalue weighted by Crippen LogP contribution is -2.47. The lowest BCUT2D eigenvalue weighted by atomic mass is 9.81. The minimum absolute atomic E-state index is 0.0208. The molecule has 0 radical (unpaired) electrons. The van der Waals surface area contributed by atoms with Gasteiger partial charge < -0.3 is 25.8 Å². The van der Waals surface area contributed by atoms with Crippen LogP contribution in [-0.2, 0) is 19.9 Å². The largest absolute Gasteiger partial charge is 0.480 e. The summed E-state index contributed by atoms with van der Waals surface area (Å²) in [7, 11) is 1.40. The van der Waals surface area contributed by atoms with Gasteiger partial charge in [-0.1, -0.05) is 74.5 Å². The van der Waals surface area contributed by atoms with Crippen molar-refractivity contribution >= 4 is 11.9 Å². The van der Waals surface area contributed by atoms with E-state index in [9.17, 15) is 19.8 Å². The van der Waals surface area contributed by atoms with Gasteiger partial charge in [-0.3, -0.25) is 4.79 Å². The van der Waals surface area contributed by atoms with Gasteiger partial charge in [-0.15, -0.1) is 0 Å². The second kappa shape index (κ2) is 10.6. The van der Waals surface area contributed by atoms with E-state index in [1.165, 1.54) is 7.11 Å². The molecule has 0 saturated carbocycles. The molecule has 0 aromatic heterocycles. The Morgan fingerprint density at radius 2 is 1.29 bits per heavy atom. The van der Waals surface area contributed by atoms with Crippen LogP contribution in [0.25, 0.3) is 0 Å². The van der Waals surface area contributed by atoms with Crippen LogP contribution in [-0.4, -0.2) is 46.5 Å². The zero-order chi connectivity index (χ0) is 21.3. The standard InChI is InChI=1S/C16H16O4.C5H11NO2/c1-20-16(14(17)15(18)19,12-8-4-2-5-9-12)13-10-6-3-7-11-13;1-3(2)4(6)5(7)8/h2-11,14,17H,1H3,(H,18,19);3-4H,6H2,1-2H3,(H,7,8)/t14-;4-/m10/s1. The average Bonchev–Trinajstić information content (AvgIpc) is 2.70. The van der Waals surface area contributed by atoms with E-state index in [-0.39, 0.29) is 5.92 Å². The van der Waals surface area contributed by atoms with Gasteiger partial charge in [0.15, 0.2) is 11.7 Å². The van der Waals surface area contributed by atoms with Crippen molar-refractivity contribution in [3.8, 4) is 0 Å². The van der Waals surface area contributed by atoms with Crippen LogP contribution in [0, 0.1) is 5.92 Å². The molecule has 7 nitrogen and oxygen atoms in total. The summed E-state index contributed by atoms with van der Waals surface area (Å²) >= 11 is 0. The topological polar surface area (TPSA) is 130 Å². The first kappa shape index (κ1) is 23.3. The van der Waals surface area contributed by atoms with Crippen LogP contribution < -0.4 is 5.73 Å². The number of hydrogen-bond donors (Lipinski definition) is 4. The lowest BCUT2D eigenvalue weighted by molar-refractivity contribution is -0.163. The van der Waals surface area contributed by atoms with Crippen LogP contribution in [0.4, 0.5) is 0 Å². The molecule has 2 aromatic carbocycles. The first-order valence-electron chi connectivity index (χ1n) is 8.73. The molecule has 2 rings (SSSR count). The first-order valence-corrected chi connectivity index (χ1v) is 8.73. The summed E-state index contributed by atoms with van der Waals surface area (Å²) < 4.78 is 5.50. The Morgan fingerprint density at radius 3 is 1.50 bits per heavy atom. The van der Waals surface area contributed by atoms with Gasteiger partial charge >= 0.3 is 11.9 Å². The van der Waals surface area contributed by atoms with Gasteiger partial charge in [0.1, 0.15) is 6.04 Å². The van der Waals surface area contributed by atoms with Gasteiger partial charge in [0.25, 0.3) is 0 Å². The molecule has 0 aliphatic rings. The number of aliphatic hydroxyl groups is 1. The van der Waals surface area contributed by atoms with E-state index >= 15 is 0 Å². The molecule has 2 aromatic rings. The van der Waals surface area contributed by atoms with E-state index in [4.69, 9.17) is 15.6 Å². The Bertz CT molecular complexity index is 709. The van der Waals surface area contributed by atoms with Gasteiger partial charge in [-0.05, 0) is 17.0 Å². The van der Waals surface area contributed by atoms with Crippen molar-refractivity contribution in [3.63, 3.8) is 0 Å². The predicted octanol–water partition coefficient (Wildman–Crippen LogP) is 2.08. The molecule has 7 heteroatoms. The number of rotatable bonds is 7. The molecule has 0 heterocycles. The number of carboxylic acids is 2. The number of nitrogens with two attached hydrogens (primary N) is 1. The summed E-state index contributed by atoms with van der Waals surface area (Å²) in [5.41, 5.74) is 4.90. The highest BCUT2D eigenvalue weighted by atomic mass is 16.5. The lowest BCUT2D eigenvalue weighted by Gasteiger charge is -2.35. The highest BCUT2D eigenvalue weighted by Gasteiger charge is 2.45. The molecular weight excluding hydrogens is 362 g/mol. The van der Waals surface area contributed by atoms with Crippen molar-refractivity contribution in [2.24, 2.45) is 11.7 Å². The summed E-state index contributed by atoms with van der Waals surface area (Å²) in [6.45, 7) is 3.55. The fourth-order valence-electron chi connectivity index (χ4n) is 2.66. The minimum Gasteiger partial charge on any atom is -0.480 e. The van der Waals surface area contributed by atoms with Crippen molar-refractivity contribution in [3.05, 3.63) is 71.8 Å².